The van der Waals surface area contributed by atoms with E-state index in [9.17, 15) is 9.59 Å². The fourth-order valence-electron chi connectivity index (χ4n) is 5.12. The minimum atomic E-state index is -0.318. The van der Waals surface area contributed by atoms with E-state index in [2.05, 4.69) is 0 Å². The van der Waals surface area contributed by atoms with Crippen LogP contribution in [0.3, 0.4) is 0 Å². The molecule has 2 saturated heterocycles. The van der Waals surface area contributed by atoms with Crippen LogP contribution in [0.5, 0.6) is 0 Å². The van der Waals surface area contributed by atoms with E-state index in [0.29, 0.717) is 18.0 Å². The molecular formula is C21H29N3O2. The van der Waals surface area contributed by atoms with Gasteiger partial charge in [0.15, 0.2) is 0 Å². The maximum absolute atomic E-state index is 13.3. The van der Waals surface area contributed by atoms with Gasteiger partial charge in [0.2, 0.25) is 5.91 Å². The molecule has 0 bridgehead atoms. The number of likely N-dealkylation sites (tertiary alicyclic amines) is 2. The van der Waals surface area contributed by atoms with Crippen molar-refractivity contribution in [3.05, 3.63) is 35.9 Å². The fraction of sp³-hybridized carbons (Fsp3) is 0.619. The van der Waals surface area contributed by atoms with Gasteiger partial charge in [-0.25, -0.2) is 0 Å². The Labute approximate surface area is 155 Å². The van der Waals surface area contributed by atoms with Gasteiger partial charge in [-0.2, -0.15) is 0 Å². The number of rotatable bonds is 2. The lowest BCUT2D eigenvalue weighted by atomic mass is 9.84. The summed E-state index contributed by atoms with van der Waals surface area (Å²) >= 11 is 0. The summed E-state index contributed by atoms with van der Waals surface area (Å²) in [7, 11) is 0. The topological polar surface area (TPSA) is 66.6 Å². The van der Waals surface area contributed by atoms with E-state index in [4.69, 9.17) is 5.73 Å². The van der Waals surface area contributed by atoms with Gasteiger partial charge in [0.25, 0.3) is 5.91 Å². The van der Waals surface area contributed by atoms with Crippen molar-refractivity contribution < 1.29 is 9.59 Å². The standard InChI is InChI=1S/C21H29N3O2/c22-17-10-6-12-23(14-17)21(26)19-13-16-9-4-5-11-18(16)24(19)20(25)15-7-2-1-3-8-15/h1-3,7-8,16-19H,4-6,9-14,22H2. The number of amides is 2. The molecule has 3 aliphatic rings. The fourth-order valence-corrected chi connectivity index (χ4v) is 5.12. The molecule has 1 aromatic carbocycles. The lowest BCUT2D eigenvalue weighted by Crippen LogP contribution is -2.54. The zero-order valence-corrected chi connectivity index (χ0v) is 15.3. The van der Waals surface area contributed by atoms with Crippen LogP contribution >= 0.6 is 0 Å². The molecule has 0 radical (unpaired) electrons. The van der Waals surface area contributed by atoms with E-state index in [1.54, 1.807) is 0 Å². The van der Waals surface area contributed by atoms with Gasteiger partial charge < -0.3 is 15.5 Å². The zero-order valence-electron chi connectivity index (χ0n) is 15.3. The minimum Gasteiger partial charge on any atom is -0.339 e. The number of nitrogens with zero attached hydrogens (tertiary/aromatic N) is 2. The van der Waals surface area contributed by atoms with Gasteiger partial charge in [-0.1, -0.05) is 31.0 Å². The van der Waals surface area contributed by atoms with Gasteiger partial charge in [-0.05, 0) is 50.2 Å². The molecule has 3 fully saturated rings. The summed E-state index contributed by atoms with van der Waals surface area (Å²) < 4.78 is 0. The second kappa shape index (κ2) is 7.39. The molecule has 26 heavy (non-hydrogen) atoms. The van der Waals surface area contributed by atoms with Gasteiger partial charge in [0.05, 0.1) is 0 Å². The maximum atomic E-state index is 13.3. The van der Waals surface area contributed by atoms with Crippen molar-refractivity contribution in [3.8, 4) is 0 Å². The summed E-state index contributed by atoms with van der Waals surface area (Å²) in [5.41, 5.74) is 6.78. The highest BCUT2D eigenvalue weighted by Crippen LogP contribution is 2.41. The largest absolute Gasteiger partial charge is 0.339 e. The molecule has 0 spiro atoms. The van der Waals surface area contributed by atoms with Crippen LogP contribution in [0.15, 0.2) is 30.3 Å². The van der Waals surface area contributed by atoms with Crippen molar-refractivity contribution in [2.24, 2.45) is 11.7 Å². The average molecular weight is 355 g/mol. The van der Waals surface area contributed by atoms with E-state index in [1.165, 1.54) is 6.42 Å². The molecule has 1 aliphatic carbocycles. The molecule has 2 aliphatic heterocycles. The first-order chi connectivity index (χ1) is 12.6. The number of piperidine rings is 1. The van der Waals surface area contributed by atoms with Crippen molar-refractivity contribution in [1.82, 2.24) is 9.80 Å². The number of hydrogen-bond donors (Lipinski definition) is 1. The number of fused-ring (bicyclic) bond motifs is 1. The lowest BCUT2D eigenvalue weighted by Gasteiger charge is -2.37. The zero-order chi connectivity index (χ0) is 18.1. The summed E-state index contributed by atoms with van der Waals surface area (Å²) in [6.45, 7) is 1.39. The highest BCUT2D eigenvalue weighted by Gasteiger charge is 2.48. The molecule has 1 aromatic rings. The monoisotopic (exact) mass is 355 g/mol. The quantitative estimate of drug-likeness (QED) is 0.886. The molecular weight excluding hydrogens is 326 g/mol. The second-order valence-corrected chi connectivity index (χ2v) is 8.13. The second-order valence-electron chi connectivity index (χ2n) is 8.13. The Morgan fingerprint density at radius 2 is 1.77 bits per heavy atom. The van der Waals surface area contributed by atoms with Gasteiger partial charge in [0, 0.05) is 30.7 Å². The van der Waals surface area contributed by atoms with Crippen molar-refractivity contribution in [2.45, 2.75) is 63.1 Å². The summed E-state index contributed by atoms with van der Waals surface area (Å²) in [4.78, 5) is 30.4. The smallest absolute Gasteiger partial charge is 0.254 e. The highest BCUT2D eigenvalue weighted by molar-refractivity contribution is 5.98. The highest BCUT2D eigenvalue weighted by atomic mass is 16.2. The van der Waals surface area contributed by atoms with Crippen LogP contribution in [0.2, 0.25) is 0 Å². The predicted molar refractivity (Wildman–Crippen MR) is 101 cm³/mol. The molecule has 4 atom stereocenters. The molecule has 2 heterocycles. The first-order valence-electron chi connectivity index (χ1n) is 10.1. The Bertz CT molecular complexity index is 662. The average Bonchev–Trinajstić information content (AvgIpc) is 3.07. The molecule has 1 saturated carbocycles. The van der Waals surface area contributed by atoms with Crippen molar-refractivity contribution >= 4 is 11.8 Å². The molecule has 5 heteroatoms. The third-order valence-corrected chi connectivity index (χ3v) is 6.40. The Kier molecular flexibility index (Phi) is 4.98. The van der Waals surface area contributed by atoms with E-state index in [-0.39, 0.29) is 29.9 Å². The molecule has 140 valence electrons. The molecule has 5 nitrogen and oxygen atoms in total. The number of carbonyl (C=O) groups is 2. The van der Waals surface area contributed by atoms with Gasteiger partial charge in [0.1, 0.15) is 6.04 Å². The van der Waals surface area contributed by atoms with E-state index in [0.717, 1.165) is 45.1 Å². The summed E-state index contributed by atoms with van der Waals surface area (Å²) in [5, 5.41) is 0. The van der Waals surface area contributed by atoms with Crippen LogP contribution < -0.4 is 5.73 Å². The van der Waals surface area contributed by atoms with Gasteiger partial charge in [-0.3, -0.25) is 9.59 Å². The number of hydrogen-bond acceptors (Lipinski definition) is 3. The Morgan fingerprint density at radius 3 is 2.54 bits per heavy atom. The van der Waals surface area contributed by atoms with Crippen LogP contribution in [-0.2, 0) is 4.79 Å². The Morgan fingerprint density at radius 1 is 1.00 bits per heavy atom. The minimum absolute atomic E-state index is 0.0136. The number of nitrogens with two attached hydrogens (primary N) is 1. The molecule has 0 aromatic heterocycles. The van der Waals surface area contributed by atoms with E-state index < -0.39 is 0 Å². The molecule has 4 rings (SSSR count). The Balaban J connectivity index is 1.60. The van der Waals surface area contributed by atoms with Crippen LogP contribution in [0.4, 0.5) is 0 Å². The molecule has 2 amide bonds. The van der Waals surface area contributed by atoms with E-state index >= 15 is 0 Å². The maximum Gasteiger partial charge on any atom is 0.254 e. The van der Waals surface area contributed by atoms with Crippen molar-refractivity contribution in [1.29, 1.82) is 0 Å². The molecule has 2 N–H and O–H groups in total. The van der Waals surface area contributed by atoms with Crippen molar-refractivity contribution in [3.63, 3.8) is 0 Å². The summed E-state index contributed by atoms with van der Waals surface area (Å²) in [5.74, 6) is 0.585. The predicted octanol–water partition coefficient (Wildman–Crippen LogP) is 2.41. The third-order valence-electron chi connectivity index (χ3n) is 6.40. The third kappa shape index (κ3) is 3.25. The first kappa shape index (κ1) is 17.5. The summed E-state index contributed by atoms with van der Waals surface area (Å²) in [6.07, 6.45) is 7.26. The van der Waals surface area contributed by atoms with E-state index in [1.807, 2.05) is 40.1 Å². The van der Waals surface area contributed by atoms with Crippen LogP contribution in [0.25, 0.3) is 0 Å². The SMILES string of the molecule is NC1CCCN(C(=O)C2CC3CCCCC3N2C(=O)c2ccccc2)C1. The van der Waals surface area contributed by atoms with Gasteiger partial charge >= 0.3 is 0 Å². The number of benzene rings is 1. The molecule has 4 unspecified atom stereocenters. The lowest BCUT2D eigenvalue weighted by molar-refractivity contribution is -0.136. The Hall–Kier alpha value is -1.88. The normalized spacial score (nSPS) is 31.6. The van der Waals surface area contributed by atoms with Crippen LogP contribution in [0.1, 0.15) is 55.3 Å². The van der Waals surface area contributed by atoms with Crippen LogP contribution in [0, 0.1) is 5.92 Å². The number of carbonyl (C=O) groups excluding carboxylic acids is 2. The van der Waals surface area contributed by atoms with Crippen molar-refractivity contribution in [2.75, 3.05) is 13.1 Å². The van der Waals surface area contributed by atoms with Crippen LogP contribution in [-0.4, -0.2) is 52.8 Å². The van der Waals surface area contributed by atoms with Gasteiger partial charge in [-0.15, -0.1) is 0 Å². The first-order valence-corrected chi connectivity index (χ1v) is 10.1. The summed E-state index contributed by atoms with van der Waals surface area (Å²) in [6, 6.07) is 9.37.